The van der Waals surface area contributed by atoms with E-state index < -0.39 is 13.5 Å². The molecule has 2 aromatic rings. The van der Waals surface area contributed by atoms with Crippen molar-refractivity contribution in [2.24, 2.45) is 0 Å². The number of rotatable bonds is 4. The van der Waals surface area contributed by atoms with E-state index in [-0.39, 0.29) is 6.10 Å². The Kier molecular flexibility index (Phi) is 9.62. The number of hydrogen-bond acceptors (Lipinski definition) is 2. The van der Waals surface area contributed by atoms with Crippen molar-refractivity contribution in [2.75, 3.05) is 25.0 Å². The van der Waals surface area contributed by atoms with Crippen molar-refractivity contribution in [2.45, 2.75) is 40.7 Å². The molecule has 0 spiro atoms. The standard InChI is InChI=1S/C13H19N2.C10H12O.2ClH.Ru/c1-10-7-11(2)13(12(3)8-10)15-6-5-14(4)9-15;1-8(2)11-10-7-5-4-6-9(10)3;;;/h7-9H,5-6H2,1-4H3;3-8H,1-2H3;2*1H;/q-1;;;;+2/p-1. The Morgan fingerprint density at radius 3 is 2.21 bits per heavy atom. The molecule has 1 fully saturated rings. The van der Waals surface area contributed by atoms with Crippen molar-refractivity contribution in [3.63, 3.8) is 0 Å². The van der Waals surface area contributed by atoms with Crippen molar-refractivity contribution >= 4 is 29.7 Å². The van der Waals surface area contributed by atoms with Gasteiger partial charge in [0.2, 0.25) is 0 Å². The zero-order chi connectivity index (χ0) is 21.6. The first-order valence-electron chi connectivity index (χ1n) is 9.70. The predicted octanol–water partition coefficient (Wildman–Crippen LogP) is 5.90. The van der Waals surface area contributed by atoms with Crippen LogP contribution in [0.1, 0.15) is 36.1 Å². The van der Waals surface area contributed by atoms with Gasteiger partial charge in [-0.1, -0.05) is 17.7 Å². The van der Waals surface area contributed by atoms with Gasteiger partial charge in [0.25, 0.3) is 0 Å². The Hall–Kier alpha value is -0.927. The third-order valence-corrected chi connectivity index (χ3v) is 6.31. The van der Waals surface area contributed by atoms with Crippen LogP contribution in [0.4, 0.5) is 5.69 Å². The van der Waals surface area contributed by atoms with Crippen molar-refractivity contribution in [3.05, 3.63) is 65.3 Å². The molecule has 0 bridgehead atoms. The number of likely N-dealkylation sites (N-methyl/N-ethyl adjacent to an activating group) is 1. The molecule has 29 heavy (non-hydrogen) atoms. The number of anilines is 1. The summed E-state index contributed by atoms with van der Waals surface area (Å²) in [6.45, 7) is 15.1. The van der Waals surface area contributed by atoms with E-state index in [2.05, 4.69) is 61.2 Å². The van der Waals surface area contributed by atoms with Crippen LogP contribution in [0.2, 0.25) is 0 Å². The summed E-state index contributed by atoms with van der Waals surface area (Å²) in [4.78, 5) is 4.59. The molecule has 3 rings (SSSR count). The molecule has 1 N–H and O–H groups in total. The average molecular weight is 524 g/mol. The topological polar surface area (TPSA) is 19.3 Å². The van der Waals surface area contributed by atoms with Gasteiger partial charge >= 0.3 is 97.8 Å². The van der Waals surface area contributed by atoms with Crippen LogP contribution < -0.4 is 4.90 Å². The number of aryl methyl sites for hydroxylation is 3. The molecule has 1 saturated heterocycles. The molecule has 0 amide bonds. The molecule has 0 aromatic heterocycles. The maximum absolute atomic E-state index is 5.83. The molecule has 0 aliphatic carbocycles. The molecule has 1 aliphatic rings. The number of halogens is 2. The van der Waals surface area contributed by atoms with E-state index in [4.69, 9.17) is 19.4 Å². The summed E-state index contributed by atoms with van der Waals surface area (Å²) in [5.41, 5.74) is 6.52. The summed E-state index contributed by atoms with van der Waals surface area (Å²) in [7, 11) is 13.8. The summed E-state index contributed by atoms with van der Waals surface area (Å²) in [5.74, 6) is 0.975. The van der Waals surface area contributed by atoms with Gasteiger partial charge < -0.3 is 9.80 Å². The van der Waals surface area contributed by atoms with Gasteiger partial charge in [-0.15, -0.1) is 0 Å². The van der Waals surface area contributed by atoms with E-state index in [1.54, 1.807) is 0 Å². The molecule has 6 heteroatoms. The smallest absolute Gasteiger partial charge is 0.0141 e. The monoisotopic (exact) mass is 524 g/mol. The minimum Gasteiger partial charge on any atom is -0.507 e. The second kappa shape index (κ2) is 11.5. The van der Waals surface area contributed by atoms with Crippen LogP contribution in [-0.4, -0.2) is 40.5 Å². The molecule has 0 atom stereocenters. The number of aliphatic hydroxyl groups is 1. The summed E-state index contributed by atoms with van der Waals surface area (Å²) < 4.78 is 6.41. The molecule has 0 unspecified atom stereocenters. The van der Waals surface area contributed by atoms with E-state index in [0.29, 0.717) is 0 Å². The third kappa shape index (κ3) is 7.68. The van der Waals surface area contributed by atoms with Crippen molar-refractivity contribution in [1.82, 2.24) is 4.90 Å². The molecule has 3 nitrogen and oxygen atoms in total. The number of nitrogens with zero attached hydrogens (tertiary/aromatic N) is 2. The van der Waals surface area contributed by atoms with Crippen LogP contribution in [0.3, 0.4) is 0 Å². The minimum atomic E-state index is -1.75. The van der Waals surface area contributed by atoms with E-state index >= 15 is 0 Å². The Labute approximate surface area is 189 Å². The fourth-order valence-electron chi connectivity index (χ4n) is 3.47. The van der Waals surface area contributed by atoms with Crippen LogP contribution in [0, 0.1) is 27.4 Å². The van der Waals surface area contributed by atoms with Crippen molar-refractivity contribution in [3.8, 4) is 5.75 Å². The SMILES string of the molecule is CC(C)[OH+]c1ccccc1[CH]=[Ru]([Cl])[Cl].Cc1cc(C)c(N2[CH-]N(C)CC2)c(C)c1. The van der Waals surface area contributed by atoms with E-state index in [9.17, 15) is 0 Å². The summed E-state index contributed by atoms with van der Waals surface area (Å²) in [6, 6.07) is 12.4. The molecule has 2 aromatic carbocycles. The second-order valence-corrected chi connectivity index (χ2v) is 13.4. The van der Waals surface area contributed by atoms with Crippen LogP contribution in [-0.2, 0) is 13.5 Å². The van der Waals surface area contributed by atoms with E-state index in [0.717, 1.165) is 24.4 Å². The molecular weight excluding hydrogens is 492 g/mol. The Bertz CT molecular complexity index is 828. The summed E-state index contributed by atoms with van der Waals surface area (Å²) >= 11 is -1.75. The molecule has 1 heterocycles. The molecule has 162 valence electrons. The Morgan fingerprint density at radius 2 is 1.69 bits per heavy atom. The summed E-state index contributed by atoms with van der Waals surface area (Å²) in [5, 5.41) is 0. The number of aromatic hydroxyl groups is 1. The zero-order valence-electron chi connectivity index (χ0n) is 18.1. The summed E-state index contributed by atoms with van der Waals surface area (Å²) in [6.07, 6.45) is 0.288. The van der Waals surface area contributed by atoms with Gasteiger partial charge in [0.05, 0.1) is 0 Å². The van der Waals surface area contributed by atoms with E-state index in [1.807, 2.05) is 42.7 Å². The average Bonchev–Trinajstić information content (AvgIpc) is 3.01. The fraction of sp³-hybridized carbons (Fsp3) is 0.391. The molecule has 0 radical (unpaired) electrons. The first-order chi connectivity index (χ1) is 13.7. The molecule has 0 saturated carbocycles. The van der Waals surface area contributed by atoms with Crippen molar-refractivity contribution < 1.29 is 18.3 Å². The fourth-order valence-corrected chi connectivity index (χ4v) is 5.28. The van der Waals surface area contributed by atoms with Gasteiger partial charge in [-0.3, -0.25) is 0 Å². The second-order valence-electron chi connectivity index (χ2n) is 7.63. The van der Waals surface area contributed by atoms with E-state index in [1.165, 1.54) is 22.4 Å². The number of ether oxygens (including phenoxy) is 1. The van der Waals surface area contributed by atoms with Gasteiger partial charge in [-0.2, -0.15) is 6.67 Å². The predicted molar refractivity (Wildman–Crippen MR) is 125 cm³/mol. The number of para-hydroxylation sites is 1. The Balaban J connectivity index is 0.000000208. The number of hydrogen-bond donors (Lipinski definition) is 0. The van der Waals surface area contributed by atoms with Gasteiger partial charge in [-0.25, -0.2) is 0 Å². The van der Waals surface area contributed by atoms with Crippen LogP contribution >= 0.6 is 19.4 Å². The first kappa shape index (κ1) is 24.3. The molecular formula is C23H32Cl2N2ORu. The Morgan fingerprint density at radius 1 is 1.07 bits per heavy atom. The maximum atomic E-state index is 5.83. The normalized spacial score (nSPS) is 14.5. The third-order valence-electron chi connectivity index (χ3n) is 4.47. The maximum Gasteiger partial charge on any atom is 0.0141 e. The first-order valence-corrected chi connectivity index (χ1v) is 15.2. The largest absolute Gasteiger partial charge is 0.507 e. The van der Waals surface area contributed by atoms with Gasteiger partial charge in [-0.05, 0) is 45.5 Å². The molecule has 1 aliphatic heterocycles. The van der Waals surface area contributed by atoms with Crippen LogP contribution in [0.5, 0.6) is 5.75 Å². The van der Waals surface area contributed by atoms with Gasteiger partial charge in [0.1, 0.15) is 0 Å². The van der Waals surface area contributed by atoms with Gasteiger partial charge in [0.15, 0.2) is 0 Å². The number of benzene rings is 2. The minimum absolute atomic E-state index is 0.288. The quantitative estimate of drug-likeness (QED) is 0.282. The van der Waals surface area contributed by atoms with Crippen molar-refractivity contribution in [1.29, 1.82) is 0 Å². The van der Waals surface area contributed by atoms with Crippen LogP contribution in [0.15, 0.2) is 36.4 Å². The zero-order valence-corrected chi connectivity index (χ0v) is 21.3. The van der Waals surface area contributed by atoms with Gasteiger partial charge in [0, 0.05) is 12.2 Å². The van der Waals surface area contributed by atoms with Crippen LogP contribution in [0.25, 0.3) is 0 Å².